The van der Waals surface area contributed by atoms with E-state index in [0.29, 0.717) is 0 Å². The molecule has 2 aromatic carbocycles. The SMILES string of the molecule is CN(C)c1ccc(Nc2cccc(Cl)c2)cc1. The fourth-order valence-electron chi connectivity index (χ4n) is 1.58. The van der Waals surface area contributed by atoms with Crippen LogP contribution in [0.1, 0.15) is 0 Å². The molecule has 3 heteroatoms. The van der Waals surface area contributed by atoms with Crippen LogP contribution in [0.2, 0.25) is 5.02 Å². The lowest BCUT2D eigenvalue weighted by atomic mass is 10.2. The Bertz CT molecular complexity index is 492. The molecule has 2 aromatic rings. The fourth-order valence-corrected chi connectivity index (χ4v) is 1.77. The van der Waals surface area contributed by atoms with Gasteiger partial charge in [-0.25, -0.2) is 0 Å². The van der Waals surface area contributed by atoms with Crippen molar-refractivity contribution in [3.63, 3.8) is 0 Å². The zero-order valence-corrected chi connectivity index (χ0v) is 10.7. The predicted octanol–water partition coefficient (Wildman–Crippen LogP) is 4.15. The highest BCUT2D eigenvalue weighted by molar-refractivity contribution is 6.30. The Kier molecular flexibility index (Phi) is 3.55. The molecule has 0 amide bonds. The van der Waals surface area contributed by atoms with Gasteiger partial charge in [0, 0.05) is 36.2 Å². The van der Waals surface area contributed by atoms with E-state index in [1.807, 2.05) is 38.4 Å². The van der Waals surface area contributed by atoms with E-state index in [9.17, 15) is 0 Å². The van der Waals surface area contributed by atoms with Gasteiger partial charge in [0.05, 0.1) is 0 Å². The van der Waals surface area contributed by atoms with Crippen molar-refractivity contribution in [1.82, 2.24) is 0 Å². The minimum atomic E-state index is 0.736. The molecule has 0 spiro atoms. The van der Waals surface area contributed by atoms with Crippen LogP contribution in [0, 0.1) is 0 Å². The van der Waals surface area contributed by atoms with Gasteiger partial charge in [0.25, 0.3) is 0 Å². The molecular formula is C14H15ClN2. The van der Waals surface area contributed by atoms with Gasteiger partial charge in [0.15, 0.2) is 0 Å². The van der Waals surface area contributed by atoms with Crippen LogP contribution in [0.4, 0.5) is 17.1 Å². The van der Waals surface area contributed by atoms with Crippen LogP contribution in [0.15, 0.2) is 48.5 Å². The third kappa shape index (κ3) is 3.14. The fraction of sp³-hybridized carbons (Fsp3) is 0.143. The van der Waals surface area contributed by atoms with Crippen LogP contribution >= 0.6 is 11.6 Å². The standard InChI is InChI=1S/C14H15ClN2/c1-17(2)14-8-6-12(7-9-14)16-13-5-3-4-11(15)10-13/h3-10,16H,1-2H3. The first kappa shape index (κ1) is 11.8. The molecule has 2 rings (SSSR count). The Hall–Kier alpha value is -1.67. The molecular weight excluding hydrogens is 232 g/mol. The third-order valence-electron chi connectivity index (χ3n) is 2.50. The molecule has 0 bridgehead atoms. The van der Waals surface area contributed by atoms with Crippen LogP contribution in [0.3, 0.4) is 0 Å². The number of hydrogen-bond donors (Lipinski definition) is 1. The number of nitrogens with zero attached hydrogens (tertiary/aromatic N) is 1. The van der Waals surface area contributed by atoms with E-state index in [0.717, 1.165) is 16.4 Å². The Balaban J connectivity index is 2.14. The first-order valence-corrected chi connectivity index (χ1v) is 5.83. The van der Waals surface area contributed by atoms with E-state index in [1.165, 1.54) is 5.69 Å². The van der Waals surface area contributed by atoms with Crippen LogP contribution in [0.5, 0.6) is 0 Å². The number of rotatable bonds is 3. The Labute approximate surface area is 107 Å². The Morgan fingerprint density at radius 1 is 0.941 bits per heavy atom. The number of anilines is 3. The second kappa shape index (κ2) is 5.11. The summed E-state index contributed by atoms with van der Waals surface area (Å²) in [5, 5.41) is 4.04. The summed E-state index contributed by atoms with van der Waals surface area (Å²) >= 11 is 5.93. The highest BCUT2D eigenvalue weighted by atomic mass is 35.5. The van der Waals surface area contributed by atoms with Crippen LogP contribution in [-0.4, -0.2) is 14.1 Å². The van der Waals surface area contributed by atoms with E-state index in [1.54, 1.807) is 0 Å². The molecule has 0 aromatic heterocycles. The largest absolute Gasteiger partial charge is 0.378 e. The summed E-state index contributed by atoms with van der Waals surface area (Å²) in [6.07, 6.45) is 0. The van der Waals surface area contributed by atoms with Gasteiger partial charge in [-0.05, 0) is 42.5 Å². The normalized spacial score (nSPS) is 10.1. The molecule has 0 radical (unpaired) electrons. The van der Waals surface area contributed by atoms with Crippen LogP contribution in [0.25, 0.3) is 0 Å². The number of hydrogen-bond acceptors (Lipinski definition) is 2. The van der Waals surface area contributed by atoms with Gasteiger partial charge in [-0.2, -0.15) is 0 Å². The molecule has 0 heterocycles. The van der Waals surface area contributed by atoms with E-state index >= 15 is 0 Å². The smallest absolute Gasteiger partial charge is 0.0426 e. The predicted molar refractivity (Wildman–Crippen MR) is 75.5 cm³/mol. The highest BCUT2D eigenvalue weighted by Crippen LogP contribution is 2.22. The summed E-state index contributed by atoms with van der Waals surface area (Å²) in [6.45, 7) is 0. The minimum Gasteiger partial charge on any atom is -0.378 e. The minimum absolute atomic E-state index is 0.736. The van der Waals surface area contributed by atoms with Gasteiger partial charge in [0.1, 0.15) is 0 Å². The Morgan fingerprint density at radius 3 is 2.24 bits per heavy atom. The van der Waals surface area contributed by atoms with Crippen molar-refractivity contribution in [2.24, 2.45) is 0 Å². The van der Waals surface area contributed by atoms with E-state index in [4.69, 9.17) is 11.6 Å². The van der Waals surface area contributed by atoms with E-state index in [2.05, 4.69) is 34.5 Å². The average Bonchev–Trinajstić information content (AvgIpc) is 2.29. The van der Waals surface area contributed by atoms with Crippen molar-refractivity contribution in [2.75, 3.05) is 24.3 Å². The molecule has 0 aliphatic heterocycles. The zero-order chi connectivity index (χ0) is 12.3. The molecule has 0 saturated carbocycles. The molecule has 0 saturated heterocycles. The van der Waals surface area contributed by atoms with Crippen molar-refractivity contribution in [2.45, 2.75) is 0 Å². The van der Waals surface area contributed by atoms with Gasteiger partial charge in [-0.1, -0.05) is 17.7 Å². The zero-order valence-electron chi connectivity index (χ0n) is 9.94. The maximum Gasteiger partial charge on any atom is 0.0426 e. The summed E-state index contributed by atoms with van der Waals surface area (Å²) in [5.41, 5.74) is 3.23. The lowest BCUT2D eigenvalue weighted by molar-refractivity contribution is 1.13. The van der Waals surface area contributed by atoms with Crippen molar-refractivity contribution < 1.29 is 0 Å². The molecule has 0 unspecified atom stereocenters. The maximum absolute atomic E-state index is 5.93. The van der Waals surface area contributed by atoms with E-state index < -0.39 is 0 Å². The number of benzene rings is 2. The quantitative estimate of drug-likeness (QED) is 0.875. The third-order valence-corrected chi connectivity index (χ3v) is 2.73. The molecule has 88 valence electrons. The lowest BCUT2D eigenvalue weighted by Gasteiger charge is -2.13. The summed E-state index contributed by atoms with van der Waals surface area (Å²) in [6, 6.07) is 15.9. The number of halogens is 1. The van der Waals surface area contributed by atoms with Crippen molar-refractivity contribution in [3.8, 4) is 0 Å². The molecule has 0 aliphatic carbocycles. The summed E-state index contributed by atoms with van der Waals surface area (Å²) in [5.74, 6) is 0. The monoisotopic (exact) mass is 246 g/mol. The molecule has 0 aliphatic rings. The second-order valence-corrected chi connectivity index (χ2v) is 4.51. The van der Waals surface area contributed by atoms with Crippen LogP contribution in [-0.2, 0) is 0 Å². The summed E-state index contributed by atoms with van der Waals surface area (Å²) in [4.78, 5) is 2.07. The van der Waals surface area contributed by atoms with Gasteiger partial charge in [0.2, 0.25) is 0 Å². The second-order valence-electron chi connectivity index (χ2n) is 4.08. The van der Waals surface area contributed by atoms with E-state index in [-0.39, 0.29) is 0 Å². The molecule has 0 fully saturated rings. The average molecular weight is 247 g/mol. The Morgan fingerprint density at radius 2 is 1.65 bits per heavy atom. The van der Waals surface area contributed by atoms with Crippen molar-refractivity contribution in [3.05, 3.63) is 53.6 Å². The lowest BCUT2D eigenvalue weighted by Crippen LogP contribution is -2.08. The van der Waals surface area contributed by atoms with Gasteiger partial charge < -0.3 is 10.2 Å². The number of nitrogens with one attached hydrogen (secondary N) is 1. The topological polar surface area (TPSA) is 15.3 Å². The maximum atomic E-state index is 5.93. The van der Waals surface area contributed by atoms with Gasteiger partial charge in [-0.15, -0.1) is 0 Å². The van der Waals surface area contributed by atoms with Gasteiger partial charge in [-0.3, -0.25) is 0 Å². The van der Waals surface area contributed by atoms with Crippen molar-refractivity contribution in [1.29, 1.82) is 0 Å². The summed E-state index contributed by atoms with van der Waals surface area (Å²) in [7, 11) is 4.05. The first-order valence-electron chi connectivity index (χ1n) is 5.45. The molecule has 2 nitrogen and oxygen atoms in total. The molecule has 0 atom stereocenters. The molecule has 1 N–H and O–H groups in total. The molecule has 17 heavy (non-hydrogen) atoms. The first-order chi connectivity index (χ1) is 8.15. The van der Waals surface area contributed by atoms with Gasteiger partial charge >= 0.3 is 0 Å². The van der Waals surface area contributed by atoms with Crippen molar-refractivity contribution >= 4 is 28.7 Å². The van der Waals surface area contributed by atoms with Crippen LogP contribution < -0.4 is 10.2 Å². The summed E-state index contributed by atoms with van der Waals surface area (Å²) < 4.78 is 0. The highest BCUT2D eigenvalue weighted by Gasteiger charge is 1.97.